The Morgan fingerprint density at radius 2 is 1.92 bits per heavy atom. The molecule has 1 amide bonds. The number of anilines is 1. The van der Waals surface area contributed by atoms with E-state index in [0.29, 0.717) is 18.0 Å². The van der Waals surface area contributed by atoms with Crippen LogP contribution in [0.4, 0.5) is 5.69 Å². The van der Waals surface area contributed by atoms with Crippen LogP contribution in [0, 0.1) is 0 Å². The summed E-state index contributed by atoms with van der Waals surface area (Å²) in [6.07, 6.45) is 5.18. The largest absolute Gasteiger partial charge is 0.491 e. The Labute approximate surface area is 143 Å². The van der Waals surface area contributed by atoms with E-state index in [-0.39, 0.29) is 5.91 Å². The molecule has 0 aliphatic heterocycles. The molecule has 2 aromatic rings. The van der Waals surface area contributed by atoms with Gasteiger partial charge in [0.25, 0.3) is 0 Å². The van der Waals surface area contributed by atoms with Crippen LogP contribution in [0.1, 0.15) is 17.5 Å². The lowest BCUT2D eigenvalue weighted by molar-refractivity contribution is -0.123. The summed E-state index contributed by atoms with van der Waals surface area (Å²) in [6.45, 7) is 0.618. The molecule has 0 saturated heterocycles. The molecule has 0 spiro atoms. The van der Waals surface area contributed by atoms with Crippen molar-refractivity contribution in [2.45, 2.75) is 12.8 Å². The minimum Gasteiger partial charge on any atom is -0.491 e. The molecule has 0 fully saturated rings. The van der Waals surface area contributed by atoms with Gasteiger partial charge in [0.2, 0.25) is 5.91 Å². The zero-order valence-electron chi connectivity index (χ0n) is 14.2. The predicted octanol–water partition coefficient (Wildman–Crippen LogP) is 3.38. The fourth-order valence-corrected chi connectivity index (χ4v) is 2.22. The molecule has 0 unspecified atom stereocenters. The smallest absolute Gasteiger partial charge is 0.246 e. The fraction of sp³-hybridized carbons (Fsp3) is 0.250. The van der Waals surface area contributed by atoms with Gasteiger partial charge < -0.3 is 15.4 Å². The number of amides is 1. The zero-order chi connectivity index (χ0) is 17.4. The van der Waals surface area contributed by atoms with E-state index in [9.17, 15) is 4.79 Å². The Morgan fingerprint density at radius 1 is 1.17 bits per heavy atom. The van der Waals surface area contributed by atoms with Gasteiger partial charge in [0.15, 0.2) is 0 Å². The number of carbonyl (C=O) groups is 1. The Hall–Kier alpha value is -2.75. The molecule has 0 bridgehead atoms. The number of aryl methyl sites for hydroxylation is 1. The lowest BCUT2D eigenvalue weighted by Crippen LogP contribution is -2.18. The first kappa shape index (κ1) is 17.6. The summed E-state index contributed by atoms with van der Waals surface area (Å²) in [5.41, 5.74) is 8.78. The lowest BCUT2D eigenvalue weighted by Gasteiger charge is -2.10. The van der Waals surface area contributed by atoms with Gasteiger partial charge in [0.05, 0.1) is 12.3 Å². The average molecular weight is 324 g/mol. The van der Waals surface area contributed by atoms with Gasteiger partial charge >= 0.3 is 0 Å². The van der Waals surface area contributed by atoms with Gasteiger partial charge in [-0.25, -0.2) is 0 Å². The maximum Gasteiger partial charge on any atom is 0.246 e. The minimum absolute atomic E-state index is 0.0604. The third kappa shape index (κ3) is 5.47. The second-order valence-electron chi connectivity index (χ2n) is 5.80. The first-order chi connectivity index (χ1) is 11.6. The molecule has 0 aliphatic carbocycles. The molecule has 4 nitrogen and oxygen atoms in total. The first-order valence-electron chi connectivity index (χ1n) is 8.02. The topological polar surface area (TPSA) is 55.6 Å². The van der Waals surface area contributed by atoms with Crippen LogP contribution in [0.2, 0.25) is 0 Å². The number of nitrogens with zero attached hydrogens (tertiary/aromatic N) is 1. The normalized spacial score (nSPS) is 10.8. The standard InChI is InChI=1S/C20H24N2O2/c1-22(2)20(23)13-11-17-10-12-19(18(21)15-17)24-14-6-9-16-7-4-3-5-8-16/h3-5,7-8,10-13,15H,6,9,14,21H2,1-2H3/b13-11-. The quantitative estimate of drug-likeness (QED) is 0.482. The number of benzene rings is 2. The number of carbonyl (C=O) groups excluding carboxylic acids is 1. The van der Waals surface area contributed by atoms with Crippen molar-refractivity contribution in [3.05, 3.63) is 65.7 Å². The Balaban J connectivity index is 1.85. The van der Waals surface area contributed by atoms with E-state index in [0.717, 1.165) is 18.4 Å². The maximum absolute atomic E-state index is 11.5. The number of hydrogen-bond acceptors (Lipinski definition) is 3. The highest BCUT2D eigenvalue weighted by Crippen LogP contribution is 2.23. The van der Waals surface area contributed by atoms with Crippen LogP contribution in [0.5, 0.6) is 5.75 Å². The van der Waals surface area contributed by atoms with Crippen molar-refractivity contribution in [3.63, 3.8) is 0 Å². The predicted molar refractivity (Wildman–Crippen MR) is 98.8 cm³/mol. The van der Waals surface area contributed by atoms with E-state index < -0.39 is 0 Å². The Morgan fingerprint density at radius 3 is 2.58 bits per heavy atom. The molecular formula is C20H24N2O2. The van der Waals surface area contributed by atoms with Crippen LogP contribution in [0.3, 0.4) is 0 Å². The molecule has 2 aromatic carbocycles. The lowest BCUT2D eigenvalue weighted by atomic mass is 10.1. The number of likely N-dealkylation sites (N-methyl/N-ethyl adjacent to an activating group) is 1. The molecule has 0 aromatic heterocycles. The van der Waals surface area contributed by atoms with Gasteiger partial charge in [-0.1, -0.05) is 36.4 Å². The minimum atomic E-state index is -0.0604. The summed E-state index contributed by atoms with van der Waals surface area (Å²) in [6, 6.07) is 15.9. The molecule has 0 radical (unpaired) electrons. The number of nitrogens with two attached hydrogens (primary N) is 1. The third-order valence-corrected chi connectivity index (χ3v) is 3.60. The van der Waals surface area contributed by atoms with E-state index in [2.05, 4.69) is 12.1 Å². The summed E-state index contributed by atoms with van der Waals surface area (Å²) in [4.78, 5) is 13.1. The van der Waals surface area contributed by atoms with Crippen LogP contribution in [-0.2, 0) is 11.2 Å². The Kier molecular flexibility index (Phi) is 6.43. The maximum atomic E-state index is 11.5. The van der Waals surface area contributed by atoms with Crippen molar-refractivity contribution >= 4 is 17.7 Å². The van der Waals surface area contributed by atoms with Crippen molar-refractivity contribution in [1.82, 2.24) is 4.90 Å². The highest BCUT2D eigenvalue weighted by atomic mass is 16.5. The summed E-state index contributed by atoms with van der Waals surface area (Å²) >= 11 is 0. The van der Waals surface area contributed by atoms with Crippen LogP contribution in [0.15, 0.2) is 54.6 Å². The molecule has 0 aliphatic rings. The molecule has 126 valence electrons. The van der Waals surface area contributed by atoms with Crippen molar-refractivity contribution in [2.75, 3.05) is 26.4 Å². The van der Waals surface area contributed by atoms with Gasteiger partial charge in [-0.15, -0.1) is 0 Å². The highest BCUT2D eigenvalue weighted by molar-refractivity contribution is 5.91. The van der Waals surface area contributed by atoms with Gasteiger partial charge in [0, 0.05) is 20.2 Å². The average Bonchev–Trinajstić information content (AvgIpc) is 2.58. The van der Waals surface area contributed by atoms with Gasteiger partial charge in [-0.2, -0.15) is 0 Å². The molecule has 24 heavy (non-hydrogen) atoms. The monoisotopic (exact) mass is 324 g/mol. The molecular weight excluding hydrogens is 300 g/mol. The van der Waals surface area contributed by atoms with Crippen LogP contribution in [0.25, 0.3) is 6.08 Å². The van der Waals surface area contributed by atoms with Crippen LogP contribution >= 0.6 is 0 Å². The summed E-state index contributed by atoms with van der Waals surface area (Å²) in [5.74, 6) is 0.619. The summed E-state index contributed by atoms with van der Waals surface area (Å²) in [7, 11) is 3.43. The van der Waals surface area contributed by atoms with Crippen molar-refractivity contribution in [3.8, 4) is 5.75 Å². The van der Waals surface area contributed by atoms with Crippen LogP contribution in [-0.4, -0.2) is 31.5 Å². The van der Waals surface area contributed by atoms with Crippen molar-refractivity contribution in [1.29, 1.82) is 0 Å². The van der Waals surface area contributed by atoms with E-state index in [4.69, 9.17) is 10.5 Å². The number of nitrogen functional groups attached to an aromatic ring is 1. The molecule has 2 rings (SSSR count). The molecule has 2 N–H and O–H groups in total. The SMILES string of the molecule is CN(C)C(=O)/C=C\c1ccc(OCCCc2ccccc2)c(N)c1. The van der Waals surface area contributed by atoms with Crippen LogP contribution < -0.4 is 10.5 Å². The van der Waals surface area contributed by atoms with Gasteiger partial charge in [0.1, 0.15) is 5.75 Å². The molecule has 0 heterocycles. The summed E-state index contributed by atoms with van der Waals surface area (Å²) < 4.78 is 5.75. The van der Waals surface area contributed by atoms with E-state index in [1.165, 1.54) is 16.5 Å². The van der Waals surface area contributed by atoms with Gasteiger partial charge in [-0.3, -0.25) is 4.79 Å². The number of ether oxygens (including phenoxy) is 1. The summed E-state index contributed by atoms with van der Waals surface area (Å²) in [5, 5.41) is 0. The second-order valence-corrected chi connectivity index (χ2v) is 5.80. The van der Waals surface area contributed by atoms with Crippen molar-refractivity contribution < 1.29 is 9.53 Å². The number of rotatable bonds is 7. The fourth-order valence-electron chi connectivity index (χ4n) is 2.22. The molecule has 0 atom stereocenters. The van der Waals surface area contributed by atoms with E-state index >= 15 is 0 Å². The van der Waals surface area contributed by atoms with E-state index in [1.807, 2.05) is 36.4 Å². The third-order valence-electron chi connectivity index (χ3n) is 3.60. The second kappa shape index (κ2) is 8.77. The van der Waals surface area contributed by atoms with E-state index in [1.54, 1.807) is 20.2 Å². The van der Waals surface area contributed by atoms with Crippen molar-refractivity contribution in [2.24, 2.45) is 0 Å². The molecule has 0 saturated carbocycles. The van der Waals surface area contributed by atoms with Gasteiger partial charge in [-0.05, 0) is 42.2 Å². The Bertz CT molecular complexity index is 694. The first-order valence-corrected chi connectivity index (χ1v) is 8.02. The molecule has 4 heteroatoms. The number of hydrogen-bond donors (Lipinski definition) is 1. The highest BCUT2D eigenvalue weighted by Gasteiger charge is 2.02. The zero-order valence-corrected chi connectivity index (χ0v) is 14.2.